The second-order valence-electron chi connectivity index (χ2n) is 6.13. The van der Waals surface area contributed by atoms with Gasteiger partial charge in [0.2, 0.25) is 5.91 Å². The third-order valence-corrected chi connectivity index (χ3v) is 4.72. The fourth-order valence-electron chi connectivity index (χ4n) is 3.50. The molecule has 1 aromatic rings. The van der Waals surface area contributed by atoms with Crippen LogP contribution in [-0.4, -0.2) is 38.7 Å². The average molecular weight is 274 g/mol. The van der Waals surface area contributed by atoms with Crippen molar-refractivity contribution in [2.45, 2.75) is 45.1 Å². The van der Waals surface area contributed by atoms with Crippen molar-refractivity contribution in [2.24, 2.45) is 5.41 Å². The number of amides is 1. The van der Waals surface area contributed by atoms with Crippen LogP contribution in [0.2, 0.25) is 0 Å². The summed E-state index contributed by atoms with van der Waals surface area (Å²) in [6, 6.07) is -0.258. The topological polar surface area (TPSA) is 51.0 Å². The van der Waals surface area contributed by atoms with E-state index < -0.39 is 0 Å². The molecule has 0 radical (unpaired) electrons. The Morgan fingerprint density at radius 3 is 2.95 bits per heavy atom. The molecule has 2 unspecified atom stereocenters. The van der Waals surface area contributed by atoms with Gasteiger partial charge in [-0.3, -0.25) is 4.79 Å². The number of carbonyl (C=O) groups is 1. The molecule has 1 saturated heterocycles. The Kier molecular flexibility index (Phi) is 3.59. The van der Waals surface area contributed by atoms with E-state index in [-0.39, 0.29) is 11.9 Å². The first kappa shape index (κ1) is 13.3. The Morgan fingerprint density at radius 1 is 1.35 bits per heavy atom. The van der Waals surface area contributed by atoms with E-state index >= 15 is 0 Å². The maximum atomic E-state index is 12.6. The second kappa shape index (κ2) is 5.38. The summed E-state index contributed by atoms with van der Waals surface area (Å²) in [4.78, 5) is 18.6. The molecule has 0 aromatic carbocycles. The maximum absolute atomic E-state index is 12.6. The van der Waals surface area contributed by atoms with E-state index in [0.717, 1.165) is 32.4 Å². The van der Waals surface area contributed by atoms with E-state index in [1.165, 1.54) is 19.2 Å². The standard InChI is InChI=1S/C15H22N4O/c1-13(19-12-16-11-17-19)14(20)18-9-5-8-15(10-18)6-3-2-4-7-15/h2-3,11-13H,4-10H2,1H3. The number of rotatable bonds is 2. The van der Waals surface area contributed by atoms with Crippen LogP contribution in [0, 0.1) is 5.41 Å². The summed E-state index contributed by atoms with van der Waals surface area (Å²) >= 11 is 0. The van der Waals surface area contributed by atoms with Crippen LogP contribution in [0.15, 0.2) is 24.8 Å². The maximum Gasteiger partial charge on any atom is 0.247 e. The smallest absolute Gasteiger partial charge is 0.247 e. The number of nitrogens with zero attached hydrogens (tertiary/aromatic N) is 4. The van der Waals surface area contributed by atoms with Gasteiger partial charge in [-0.1, -0.05) is 12.2 Å². The fraction of sp³-hybridized carbons (Fsp3) is 0.667. The first-order chi connectivity index (χ1) is 9.70. The van der Waals surface area contributed by atoms with Gasteiger partial charge in [0, 0.05) is 13.1 Å². The molecule has 5 heteroatoms. The molecule has 1 amide bonds. The largest absolute Gasteiger partial charge is 0.340 e. The zero-order chi connectivity index (χ0) is 14.0. The van der Waals surface area contributed by atoms with E-state index in [9.17, 15) is 4.79 Å². The molecular weight excluding hydrogens is 252 g/mol. The molecule has 108 valence electrons. The van der Waals surface area contributed by atoms with Crippen molar-refractivity contribution in [3.63, 3.8) is 0 Å². The summed E-state index contributed by atoms with van der Waals surface area (Å²) in [5.74, 6) is 0.170. The Bertz CT molecular complexity index is 496. The average Bonchev–Trinajstić information content (AvgIpc) is 3.01. The van der Waals surface area contributed by atoms with Crippen molar-refractivity contribution in [3.8, 4) is 0 Å². The highest BCUT2D eigenvalue weighted by Gasteiger charge is 2.37. The van der Waals surface area contributed by atoms with Crippen LogP contribution >= 0.6 is 0 Å². The van der Waals surface area contributed by atoms with Gasteiger partial charge < -0.3 is 4.90 Å². The molecule has 0 N–H and O–H groups in total. The summed E-state index contributed by atoms with van der Waals surface area (Å²) < 4.78 is 1.64. The first-order valence-corrected chi connectivity index (χ1v) is 7.48. The lowest BCUT2D eigenvalue weighted by Gasteiger charge is -2.44. The SMILES string of the molecule is CC(C(=O)N1CCCC2(CC=CCC2)C1)n1cncn1. The van der Waals surface area contributed by atoms with Crippen molar-refractivity contribution in [2.75, 3.05) is 13.1 Å². The molecule has 0 saturated carbocycles. The molecule has 1 aromatic heterocycles. The zero-order valence-corrected chi connectivity index (χ0v) is 12.0. The molecule has 1 spiro atoms. The lowest BCUT2D eigenvalue weighted by Crippen LogP contribution is -2.48. The van der Waals surface area contributed by atoms with Gasteiger partial charge >= 0.3 is 0 Å². The van der Waals surface area contributed by atoms with Crippen LogP contribution in [0.4, 0.5) is 0 Å². The lowest BCUT2D eigenvalue weighted by molar-refractivity contribution is -0.138. The van der Waals surface area contributed by atoms with Crippen molar-refractivity contribution in [1.82, 2.24) is 19.7 Å². The molecule has 1 aliphatic carbocycles. The molecule has 5 nitrogen and oxygen atoms in total. The van der Waals surface area contributed by atoms with Crippen LogP contribution in [0.3, 0.4) is 0 Å². The quantitative estimate of drug-likeness (QED) is 0.777. The summed E-state index contributed by atoms with van der Waals surface area (Å²) in [7, 11) is 0. The van der Waals surface area contributed by atoms with Gasteiger partial charge in [-0.05, 0) is 44.4 Å². The monoisotopic (exact) mass is 274 g/mol. The summed E-state index contributed by atoms with van der Waals surface area (Å²) in [5.41, 5.74) is 0.324. The van der Waals surface area contributed by atoms with E-state index in [4.69, 9.17) is 0 Å². The zero-order valence-electron chi connectivity index (χ0n) is 12.0. The predicted octanol–water partition coefficient (Wildman–Crippen LogP) is 2.19. The number of hydrogen-bond donors (Lipinski definition) is 0. The van der Waals surface area contributed by atoms with Gasteiger partial charge in [-0.25, -0.2) is 9.67 Å². The normalized spacial score (nSPS) is 27.8. The lowest BCUT2D eigenvalue weighted by atomic mass is 9.71. The molecular formula is C15H22N4O. The van der Waals surface area contributed by atoms with Gasteiger partial charge in [-0.2, -0.15) is 5.10 Å². The van der Waals surface area contributed by atoms with Crippen LogP contribution in [-0.2, 0) is 4.79 Å². The number of aromatic nitrogens is 3. The third-order valence-electron chi connectivity index (χ3n) is 4.72. The van der Waals surface area contributed by atoms with Gasteiger partial charge in [0.15, 0.2) is 0 Å². The second-order valence-corrected chi connectivity index (χ2v) is 6.13. The van der Waals surface area contributed by atoms with E-state index in [0.29, 0.717) is 5.41 Å². The van der Waals surface area contributed by atoms with Gasteiger partial charge in [-0.15, -0.1) is 0 Å². The summed E-state index contributed by atoms with van der Waals surface area (Å²) in [5, 5.41) is 4.08. The number of likely N-dealkylation sites (tertiary alicyclic amines) is 1. The van der Waals surface area contributed by atoms with E-state index in [2.05, 4.69) is 22.2 Å². The summed E-state index contributed by atoms with van der Waals surface area (Å²) in [6.45, 7) is 3.68. The Morgan fingerprint density at radius 2 is 2.25 bits per heavy atom. The Hall–Kier alpha value is -1.65. The number of allylic oxidation sites excluding steroid dienone is 2. The fourth-order valence-corrected chi connectivity index (χ4v) is 3.50. The van der Waals surface area contributed by atoms with Crippen molar-refractivity contribution in [3.05, 3.63) is 24.8 Å². The van der Waals surface area contributed by atoms with E-state index in [1.807, 2.05) is 11.8 Å². The van der Waals surface area contributed by atoms with Crippen molar-refractivity contribution < 1.29 is 4.79 Å². The van der Waals surface area contributed by atoms with Crippen molar-refractivity contribution >= 4 is 5.91 Å². The molecule has 2 aliphatic rings. The van der Waals surface area contributed by atoms with Crippen LogP contribution in [0.1, 0.15) is 45.1 Å². The minimum absolute atomic E-state index is 0.170. The first-order valence-electron chi connectivity index (χ1n) is 7.48. The van der Waals surface area contributed by atoms with E-state index in [1.54, 1.807) is 11.0 Å². The predicted molar refractivity (Wildman–Crippen MR) is 76.0 cm³/mol. The highest BCUT2D eigenvalue weighted by Crippen LogP contribution is 2.41. The van der Waals surface area contributed by atoms with Crippen LogP contribution in [0.25, 0.3) is 0 Å². The Labute approximate surface area is 119 Å². The number of hydrogen-bond acceptors (Lipinski definition) is 3. The van der Waals surface area contributed by atoms with Crippen molar-refractivity contribution in [1.29, 1.82) is 0 Å². The molecule has 1 aliphatic heterocycles. The minimum Gasteiger partial charge on any atom is -0.340 e. The van der Waals surface area contributed by atoms with Crippen LogP contribution < -0.4 is 0 Å². The Balaban J connectivity index is 1.70. The van der Waals surface area contributed by atoms with Crippen LogP contribution in [0.5, 0.6) is 0 Å². The molecule has 3 rings (SSSR count). The number of piperidine rings is 1. The molecule has 0 bridgehead atoms. The molecule has 1 fully saturated rings. The summed E-state index contributed by atoms with van der Waals surface area (Å²) in [6.07, 6.45) is 13.5. The third kappa shape index (κ3) is 2.49. The molecule has 2 heterocycles. The van der Waals surface area contributed by atoms with Gasteiger partial charge in [0.25, 0.3) is 0 Å². The highest BCUT2D eigenvalue weighted by atomic mass is 16.2. The molecule has 20 heavy (non-hydrogen) atoms. The highest BCUT2D eigenvalue weighted by molar-refractivity contribution is 5.80. The minimum atomic E-state index is -0.258. The van der Waals surface area contributed by atoms with Gasteiger partial charge in [0.1, 0.15) is 18.7 Å². The number of carbonyl (C=O) groups excluding carboxylic acids is 1. The van der Waals surface area contributed by atoms with Gasteiger partial charge in [0.05, 0.1) is 0 Å². The molecule has 2 atom stereocenters.